The fourth-order valence-electron chi connectivity index (χ4n) is 3.92. The average Bonchev–Trinajstić information content (AvgIpc) is 2.73. The first kappa shape index (κ1) is 20.1. The highest BCUT2D eigenvalue weighted by molar-refractivity contribution is 5.89. The van der Waals surface area contributed by atoms with Crippen LogP contribution in [-0.2, 0) is 4.79 Å². The summed E-state index contributed by atoms with van der Waals surface area (Å²) in [5.74, 6) is 2.03. The van der Waals surface area contributed by atoms with Crippen molar-refractivity contribution in [3.63, 3.8) is 0 Å². The number of nitrogens with one attached hydrogen (secondary N) is 1. The molecule has 1 amide bonds. The van der Waals surface area contributed by atoms with Gasteiger partial charge in [-0.15, -0.1) is 0 Å². The lowest BCUT2D eigenvalue weighted by Gasteiger charge is -2.38. The minimum atomic E-state index is -0.643. The molecule has 1 N–H and O–H groups in total. The number of ether oxygens (including phenoxy) is 3. The number of hydrogen-bond donors (Lipinski definition) is 1. The lowest BCUT2D eigenvalue weighted by Crippen LogP contribution is -2.44. The van der Waals surface area contributed by atoms with Crippen molar-refractivity contribution in [3.05, 3.63) is 66.2 Å². The molecule has 0 aliphatic carbocycles. The molecule has 0 saturated heterocycles. The molecule has 0 spiro atoms. The summed E-state index contributed by atoms with van der Waals surface area (Å²) in [6, 6.07) is 19.3. The van der Waals surface area contributed by atoms with E-state index in [1.807, 2.05) is 74.5 Å². The van der Waals surface area contributed by atoms with Crippen LogP contribution in [0.5, 0.6) is 17.2 Å². The van der Waals surface area contributed by atoms with E-state index < -0.39 is 6.10 Å². The molecule has 2 unspecified atom stereocenters. The molecule has 0 bridgehead atoms. The summed E-state index contributed by atoms with van der Waals surface area (Å²) >= 11 is 0. The van der Waals surface area contributed by atoms with E-state index in [0.29, 0.717) is 12.2 Å². The van der Waals surface area contributed by atoms with Gasteiger partial charge in [0.25, 0.3) is 5.91 Å². The summed E-state index contributed by atoms with van der Waals surface area (Å²) in [6.07, 6.45) is 0.00992. The lowest BCUT2D eigenvalue weighted by molar-refractivity contribution is -0.128. The second-order valence-corrected chi connectivity index (χ2v) is 8.27. The van der Waals surface area contributed by atoms with Gasteiger partial charge in [0.05, 0.1) is 13.2 Å². The van der Waals surface area contributed by atoms with Crippen LogP contribution in [0.25, 0.3) is 10.8 Å². The van der Waals surface area contributed by atoms with Gasteiger partial charge in [-0.25, -0.2) is 0 Å². The zero-order valence-corrected chi connectivity index (χ0v) is 17.8. The summed E-state index contributed by atoms with van der Waals surface area (Å²) < 4.78 is 17.5. The molecule has 30 heavy (non-hydrogen) atoms. The van der Waals surface area contributed by atoms with Crippen molar-refractivity contribution >= 4 is 16.7 Å². The lowest BCUT2D eigenvalue weighted by atomic mass is 9.89. The van der Waals surface area contributed by atoms with Crippen LogP contribution >= 0.6 is 0 Å². The van der Waals surface area contributed by atoms with Crippen LogP contribution in [0.3, 0.4) is 0 Å². The Balaban J connectivity index is 1.54. The van der Waals surface area contributed by atoms with Crippen LogP contribution in [0.15, 0.2) is 60.7 Å². The maximum absolute atomic E-state index is 13.0. The molecular weight excluding hydrogens is 378 g/mol. The highest BCUT2D eigenvalue weighted by Crippen LogP contribution is 2.41. The molecule has 0 radical (unpaired) electrons. The molecule has 1 aliphatic rings. The van der Waals surface area contributed by atoms with E-state index in [2.05, 4.69) is 5.32 Å². The minimum absolute atomic E-state index is 0.167. The van der Waals surface area contributed by atoms with Crippen LogP contribution in [-0.4, -0.2) is 24.7 Å². The van der Waals surface area contributed by atoms with Gasteiger partial charge in [-0.05, 0) is 50.4 Å². The van der Waals surface area contributed by atoms with E-state index >= 15 is 0 Å². The van der Waals surface area contributed by atoms with Crippen LogP contribution in [0.4, 0.5) is 0 Å². The van der Waals surface area contributed by atoms with E-state index in [-0.39, 0.29) is 17.6 Å². The van der Waals surface area contributed by atoms with Gasteiger partial charge in [-0.1, -0.05) is 36.4 Å². The van der Waals surface area contributed by atoms with Gasteiger partial charge < -0.3 is 19.5 Å². The van der Waals surface area contributed by atoms with Gasteiger partial charge in [-0.3, -0.25) is 4.79 Å². The Morgan fingerprint density at radius 3 is 2.70 bits per heavy atom. The molecule has 2 atom stereocenters. The van der Waals surface area contributed by atoms with Gasteiger partial charge in [0, 0.05) is 17.4 Å². The Morgan fingerprint density at radius 2 is 1.90 bits per heavy atom. The molecule has 1 heterocycles. The van der Waals surface area contributed by atoms with Crippen molar-refractivity contribution in [1.29, 1.82) is 0 Å². The van der Waals surface area contributed by atoms with Crippen molar-refractivity contribution < 1.29 is 19.0 Å². The van der Waals surface area contributed by atoms with Crippen LogP contribution in [0.2, 0.25) is 0 Å². The predicted molar refractivity (Wildman–Crippen MR) is 117 cm³/mol. The second-order valence-electron chi connectivity index (χ2n) is 8.27. The molecule has 3 aromatic rings. The van der Waals surface area contributed by atoms with Crippen molar-refractivity contribution in [2.75, 3.05) is 7.11 Å². The molecule has 5 heteroatoms. The molecule has 0 saturated carbocycles. The fourth-order valence-corrected chi connectivity index (χ4v) is 3.92. The SMILES string of the molecule is COc1ccc2c(c1)C(NC(=O)C(C)Oc1cccc3ccccc13)CC(C)(C)O2. The van der Waals surface area contributed by atoms with Gasteiger partial charge in [-0.2, -0.15) is 0 Å². The zero-order chi connectivity index (χ0) is 21.3. The van der Waals surface area contributed by atoms with Crippen molar-refractivity contribution in [2.24, 2.45) is 0 Å². The molecule has 0 aromatic heterocycles. The Bertz CT molecular complexity index is 1070. The van der Waals surface area contributed by atoms with E-state index in [1.165, 1.54) is 0 Å². The largest absolute Gasteiger partial charge is 0.497 e. The molecule has 3 aromatic carbocycles. The number of benzene rings is 3. The predicted octanol–water partition coefficient (Wildman–Crippen LogP) is 5.03. The quantitative estimate of drug-likeness (QED) is 0.647. The summed E-state index contributed by atoms with van der Waals surface area (Å²) in [4.78, 5) is 13.0. The first-order valence-electron chi connectivity index (χ1n) is 10.2. The van der Waals surface area contributed by atoms with E-state index in [0.717, 1.165) is 27.8 Å². The van der Waals surface area contributed by atoms with Crippen molar-refractivity contribution in [3.8, 4) is 17.2 Å². The molecular formula is C25H27NO4. The third kappa shape index (κ3) is 4.06. The van der Waals surface area contributed by atoms with E-state index in [9.17, 15) is 4.79 Å². The van der Waals surface area contributed by atoms with Crippen LogP contribution < -0.4 is 19.5 Å². The van der Waals surface area contributed by atoms with Crippen molar-refractivity contribution in [1.82, 2.24) is 5.32 Å². The summed E-state index contributed by atoms with van der Waals surface area (Å²) in [7, 11) is 1.63. The molecule has 0 fully saturated rings. The maximum atomic E-state index is 13.0. The summed E-state index contributed by atoms with van der Waals surface area (Å²) in [5, 5.41) is 5.22. The Morgan fingerprint density at radius 1 is 1.13 bits per heavy atom. The first-order chi connectivity index (χ1) is 14.4. The normalized spacial score (nSPS) is 18.1. The smallest absolute Gasteiger partial charge is 0.261 e. The third-order valence-corrected chi connectivity index (χ3v) is 5.41. The molecule has 4 rings (SSSR count). The Hall–Kier alpha value is -3.21. The topological polar surface area (TPSA) is 56.8 Å². The molecule has 5 nitrogen and oxygen atoms in total. The number of rotatable bonds is 5. The standard InChI is InChI=1S/C25H27NO4/c1-16(29-22-11-7-9-17-8-5-6-10-19(17)22)24(27)26-21-15-25(2,3)30-23-13-12-18(28-4)14-20(21)23/h5-14,16,21H,15H2,1-4H3,(H,26,27). The number of methoxy groups -OCH3 is 1. The summed E-state index contributed by atoms with van der Waals surface area (Å²) in [5.41, 5.74) is 0.526. The molecule has 1 aliphatic heterocycles. The highest BCUT2D eigenvalue weighted by Gasteiger charge is 2.35. The Labute approximate surface area is 177 Å². The summed E-state index contributed by atoms with van der Waals surface area (Å²) in [6.45, 7) is 5.82. The number of amides is 1. The maximum Gasteiger partial charge on any atom is 0.261 e. The van der Waals surface area contributed by atoms with E-state index in [4.69, 9.17) is 14.2 Å². The zero-order valence-electron chi connectivity index (χ0n) is 17.8. The third-order valence-electron chi connectivity index (χ3n) is 5.41. The highest BCUT2D eigenvalue weighted by atomic mass is 16.5. The van der Waals surface area contributed by atoms with Gasteiger partial charge in [0.1, 0.15) is 22.8 Å². The van der Waals surface area contributed by atoms with Gasteiger partial charge in [0.15, 0.2) is 6.10 Å². The van der Waals surface area contributed by atoms with Crippen molar-refractivity contribution in [2.45, 2.75) is 44.9 Å². The average molecular weight is 405 g/mol. The number of fused-ring (bicyclic) bond motifs is 2. The first-order valence-corrected chi connectivity index (χ1v) is 10.2. The minimum Gasteiger partial charge on any atom is -0.497 e. The van der Waals surface area contributed by atoms with Crippen LogP contribution in [0.1, 0.15) is 38.8 Å². The number of carbonyl (C=O) groups is 1. The van der Waals surface area contributed by atoms with Gasteiger partial charge >= 0.3 is 0 Å². The van der Waals surface area contributed by atoms with Crippen LogP contribution in [0, 0.1) is 0 Å². The number of carbonyl (C=O) groups excluding carboxylic acids is 1. The monoisotopic (exact) mass is 405 g/mol. The fraction of sp³-hybridized carbons (Fsp3) is 0.320. The second kappa shape index (κ2) is 7.90. The number of hydrogen-bond acceptors (Lipinski definition) is 4. The molecule has 156 valence electrons. The Kier molecular flexibility index (Phi) is 5.29. The van der Waals surface area contributed by atoms with E-state index in [1.54, 1.807) is 14.0 Å². The van der Waals surface area contributed by atoms with Gasteiger partial charge in [0.2, 0.25) is 0 Å².